The molecule has 1 aromatic rings. The Hall–Kier alpha value is -2.02. The minimum atomic E-state index is -0.691. The Morgan fingerprint density at radius 3 is 2.38 bits per heavy atom. The number of hydrogen-bond donors (Lipinski definition) is 1. The lowest BCUT2D eigenvalue weighted by Gasteiger charge is -2.03. The van der Waals surface area contributed by atoms with Crippen LogP contribution in [0, 0.1) is 17.7 Å². The maximum atomic E-state index is 13.1. The Balaban J connectivity index is 2.00. The van der Waals surface area contributed by atoms with E-state index in [-0.39, 0.29) is 18.3 Å². The number of carbonyl (C=O) groups is 1. The molecule has 0 spiro atoms. The Morgan fingerprint density at radius 1 is 1.08 bits per heavy atom. The molecule has 0 aliphatic heterocycles. The number of phenols is 1. The molecule has 0 radical (unpaired) electrons. The van der Waals surface area contributed by atoms with Gasteiger partial charge in [-0.1, -0.05) is 70.1 Å². The monoisotopic (exact) mass is 362 g/mol. The van der Waals surface area contributed by atoms with Crippen molar-refractivity contribution >= 4 is 5.97 Å². The molecule has 1 rings (SSSR count). The Labute approximate surface area is 157 Å². The number of carbonyl (C=O) groups excluding carboxylic acids is 1. The second-order valence-electron chi connectivity index (χ2n) is 6.52. The molecule has 0 aliphatic carbocycles. The van der Waals surface area contributed by atoms with E-state index in [4.69, 9.17) is 9.84 Å². The topological polar surface area (TPSA) is 46.5 Å². The largest absolute Gasteiger partial charge is 0.505 e. The summed E-state index contributed by atoms with van der Waals surface area (Å²) in [4.78, 5) is 11.6. The Morgan fingerprint density at radius 2 is 1.73 bits per heavy atom. The number of aromatic hydroxyl groups is 1. The van der Waals surface area contributed by atoms with Crippen molar-refractivity contribution in [2.45, 2.75) is 77.6 Å². The van der Waals surface area contributed by atoms with Gasteiger partial charge in [-0.15, -0.1) is 0 Å². The van der Waals surface area contributed by atoms with Gasteiger partial charge in [0.25, 0.3) is 0 Å². The molecular formula is C22H31FO3. The summed E-state index contributed by atoms with van der Waals surface area (Å²) in [6, 6.07) is 3.99. The molecule has 1 N–H and O–H groups in total. The molecule has 26 heavy (non-hydrogen) atoms. The second-order valence-corrected chi connectivity index (χ2v) is 6.52. The van der Waals surface area contributed by atoms with Crippen LogP contribution in [0.1, 0.15) is 83.1 Å². The fraction of sp³-hybridized carbons (Fsp3) is 0.591. The molecule has 0 aliphatic rings. The summed E-state index contributed by atoms with van der Waals surface area (Å²) in [7, 11) is 0. The lowest BCUT2D eigenvalue weighted by atomic mass is 10.1. The zero-order chi connectivity index (χ0) is 19.0. The first-order valence-electron chi connectivity index (χ1n) is 9.76. The number of esters is 1. The molecule has 0 saturated heterocycles. The lowest BCUT2D eigenvalue weighted by molar-refractivity contribution is -0.143. The average molecular weight is 362 g/mol. The van der Waals surface area contributed by atoms with Crippen molar-refractivity contribution in [3.63, 3.8) is 0 Å². The number of benzene rings is 1. The van der Waals surface area contributed by atoms with Gasteiger partial charge in [0.1, 0.15) is 6.61 Å². The third kappa shape index (κ3) is 10.8. The van der Waals surface area contributed by atoms with Gasteiger partial charge in [-0.25, -0.2) is 4.39 Å². The van der Waals surface area contributed by atoms with Gasteiger partial charge in [0.2, 0.25) is 0 Å². The first-order chi connectivity index (χ1) is 12.6. The summed E-state index contributed by atoms with van der Waals surface area (Å²) < 4.78 is 18.3. The van der Waals surface area contributed by atoms with Crippen LogP contribution >= 0.6 is 0 Å². The van der Waals surface area contributed by atoms with Gasteiger partial charge in [-0.2, -0.15) is 0 Å². The van der Waals surface area contributed by atoms with Gasteiger partial charge in [0, 0.05) is 18.4 Å². The molecule has 0 saturated carbocycles. The predicted octanol–water partition coefficient (Wildman–Crippen LogP) is 5.74. The minimum Gasteiger partial charge on any atom is -0.505 e. The number of unbranched alkanes of at least 4 members (excludes halogenated alkanes) is 8. The zero-order valence-electron chi connectivity index (χ0n) is 15.9. The highest BCUT2D eigenvalue weighted by Crippen LogP contribution is 2.15. The highest BCUT2D eigenvalue weighted by Gasteiger charge is 2.02. The number of phenolic OH excluding ortho intramolecular Hbond substituents is 1. The Bertz CT molecular complexity index is 587. The molecule has 0 fully saturated rings. The first kappa shape index (κ1) is 22.0. The number of ether oxygens (including phenoxy) is 1. The van der Waals surface area contributed by atoms with E-state index in [1.807, 2.05) is 0 Å². The van der Waals surface area contributed by atoms with Crippen LogP contribution in [-0.4, -0.2) is 17.7 Å². The molecule has 0 atom stereocenters. The minimum absolute atomic E-state index is 0.176. The summed E-state index contributed by atoms with van der Waals surface area (Å²) >= 11 is 0. The fourth-order valence-corrected chi connectivity index (χ4v) is 2.62. The van der Waals surface area contributed by atoms with E-state index in [0.29, 0.717) is 18.4 Å². The summed E-state index contributed by atoms with van der Waals surface area (Å²) in [6.45, 7) is 2.48. The SMILES string of the molecule is CCCCCCCCCCCC(=O)OCCC#Cc1ccc(O)c(F)c1. The maximum absolute atomic E-state index is 13.1. The van der Waals surface area contributed by atoms with Crippen LogP contribution in [0.2, 0.25) is 0 Å². The summed E-state index contributed by atoms with van der Waals surface area (Å²) in [5.74, 6) is 4.36. The molecule has 4 heteroatoms. The van der Waals surface area contributed by atoms with Gasteiger partial charge in [0.15, 0.2) is 11.6 Å². The maximum Gasteiger partial charge on any atom is 0.305 e. The van der Waals surface area contributed by atoms with Crippen LogP contribution in [0.15, 0.2) is 18.2 Å². The standard InChI is InChI=1S/C22H31FO3/c1-2-3-4-5-6-7-8-9-10-14-22(25)26-17-12-11-13-19-15-16-21(24)20(23)18-19/h15-16,18,24H,2-10,12,14,17H2,1H3. The second kappa shape index (κ2) is 14.2. The summed E-state index contributed by atoms with van der Waals surface area (Å²) in [5, 5.41) is 9.10. The van der Waals surface area contributed by atoms with Crippen molar-refractivity contribution in [3.8, 4) is 17.6 Å². The van der Waals surface area contributed by atoms with Crippen molar-refractivity contribution in [1.29, 1.82) is 0 Å². The van der Waals surface area contributed by atoms with E-state index in [1.165, 1.54) is 57.1 Å². The Kier molecular flexibility index (Phi) is 12.0. The number of halogens is 1. The van der Waals surface area contributed by atoms with Gasteiger partial charge in [-0.05, 0) is 24.6 Å². The van der Waals surface area contributed by atoms with Crippen molar-refractivity contribution < 1.29 is 19.0 Å². The van der Waals surface area contributed by atoms with E-state index in [9.17, 15) is 9.18 Å². The first-order valence-corrected chi connectivity index (χ1v) is 9.76. The summed E-state index contributed by atoms with van der Waals surface area (Å²) in [6.07, 6.45) is 11.9. The van der Waals surface area contributed by atoms with Crippen LogP contribution in [0.3, 0.4) is 0 Å². The van der Waals surface area contributed by atoms with Crippen LogP contribution < -0.4 is 0 Å². The lowest BCUT2D eigenvalue weighted by Crippen LogP contribution is -2.05. The summed E-state index contributed by atoms with van der Waals surface area (Å²) in [5.41, 5.74) is 0.487. The number of rotatable bonds is 12. The molecular weight excluding hydrogens is 331 g/mol. The molecule has 0 aromatic heterocycles. The third-order valence-electron chi connectivity index (χ3n) is 4.15. The van der Waals surface area contributed by atoms with Crippen LogP contribution in [0.5, 0.6) is 5.75 Å². The van der Waals surface area contributed by atoms with Gasteiger partial charge < -0.3 is 9.84 Å². The fourth-order valence-electron chi connectivity index (χ4n) is 2.62. The molecule has 144 valence electrons. The highest BCUT2D eigenvalue weighted by atomic mass is 19.1. The van der Waals surface area contributed by atoms with Gasteiger partial charge in [-0.3, -0.25) is 4.79 Å². The van der Waals surface area contributed by atoms with E-state index in [1.54, 1.807) is 6.07 Å². The van der Waals surface area contributed by atoms with E-state index < -0.39 is 5.82 Å². The molecule has 0 bridgehead atoms. The average Bonchev–Trinajstić information content (AvgIpc) is 2.63. The predicted molar refractivity (Wildman–Crippen MR) is 102 cm³/mol. The zero-order valence-corrected chi connectivity index (χ0v) is 15.9. The molecule has 0 unspecified atom stereocenters. The smallest absolute Gasteiger partial charge is 0.305 e. The molecule has 0 amide bonds. The quantitative estimate of drug-likeness (QED) is 0.293. The van der Waals surface area contributed by atoms with E-state index in [0.717, 1.165) is 12.8 Å². The van der Waals surface area contributed by atoms with Gasteiger partial charge in [0.05, 0.1) is 0 Å². The van der Waals surface area contributed by atoms with E-state index in [2.05, 4.69) is 18.8 Å². The van der Waals surface area contributed by atoms with Crippen molar-refractivity contribution in [1.82, 2.24) is 0 Å². The van der Waals surface area contributed by atoms with Crippen molar-refractivity contribution in [2.24, 2.45) is 0 Å². The molecule has 0 heterocycles. The van der Waals surface area contributed by atoms with Gasteiger partial charge >= 0.3 is 5.97 Å². The van der Waals surface area contributed by atoms with Crippen molar-refractivity contribution in [3.05, 3.63) is 29.6 Å². The number of hydrogen-bond acceptors (Lipinski definition) is 3. The van der Waals surface area contributed by atoms with Crippen LogP contribution in [-0.2, 0) is 9.53 Å². The van der Waals surface area contributed by atoms with Crippen LogP contribution in [0.25, 0.3) is 0 Å². The van der Waals surface area contributed by atoms with E-state index >= 15 is 0 Å². The van der Waals surface area contributed by atoms with Crippen LogP contribution in [0.4, 0.5) is 4.39 Å². The molecule has 3 nitrogen and oxygen atoms in total. The normalized spacial score (nSPS) is 10.2. The third-order valence-corrected chi connectivity index (χ3v) is 4.15. The highest BCUT2D eigenvalue weighted by molar-refractivity contribution is 5.69. The molecule has 1 aromatic carbocycles. The van der Waals surface area contributed by atoms with Crippen molar-refractivity contribution in [2.75, 3.05) is 6.61 Å².